The Kier molecular flexibility index (Phi) is 5.50. The van der Waals surface area contributed by atoms with Crippen molar-refractivity contribution in [3.8, 4) is 6.07 Å². The Labute approximate surface area is 202 Å². The van der Waals surface area contributed by atoms with Gasteiger partial charge in [-0.2, -0.15) is 5.26 Å². The van der Waals surface area contributed by atoms with Gasteiger partial charge in [0, 0.05) is 38.9 Å². The van der Waals surface area contributed by atoms with Crippen molar-refractivity contribution in [3.05, 3.63) is 23.9 Å². The van der Waals surface area contributed by atoms with Crippen molar-refractivity contribution in [2.45, 2.75) is 63.8 Å². The van der Waals surface area contributed by atoms with E-state index in [0.29, 0.717) is 36.9 Å². The smallest absolute Gasteiger partial charge is 0.245 e. The fraction of sp³-hybridized carbons (Fsp3) is 0.704. The van der Waals surface area contributed by atoms with Crippen molar-refractivity contribution >= 4 is 17.6 Å². The molecule has 1 aromatic rings. The number of rotatable bonds is 3. The summed E-state index contributed by atoms with van der Waals surface area (Å²) in [4.78, 5) is 38.2. The van der Waals surface area contributed by atoms with Gasteiger partial charge in [-0.1, -0.05) is 0 Å². The van der Waals surface area contributed by atoms with Gasteiger partial charge in [0.15, 0.2) is 0 Å². The second kappa shape index (κ2) is 8.55. The first-order chi connectivity index (χ1) is 16.6. The van der Waals surface area contributed by atoms with E-state index in [2.05, 4.69) is 16.0 Å². The lowest BCUT2D eigenvalue weighted by atomic mass is 9.49. The van der Waals surface area contributed by atoms with Crippen LogP contribution in [0.5, 0.6) is 0 Å². The van der Waals surface area contributed by atoms with E-state index in [-0.39, 0.29) is 17.4 Å². The molecule has 7 nitrogen and oxygen atoms in total. The highest BCUT2D eigenvalue weighted by atomic mass is 16.2. The van der Waals surface area contributed by atoms with E-state index >= 15 is 0 Å². The number of aromatic nitrogens is 1. The molecule has 1 unspecified atom stereocenters. The Morgan fingerprint density at radius 3 is 2.41 bits per heavy atom. The summed E-state index contributed by atoms with van der Waals surface area (Å²) in [5.74, 6) is 3.32. The molecule has 7 rings (SSSR count). The van der Waals surface area contributed by atoms with Crippen LogP contribution in [0.4, 0.5) is 5.82 Å². The van der Waals surface area contributed by atoms with Gasteiger partial charge >= 0.3 is 0 Å². The second-order valence-corrected chi connectivity index (χ2v) is 11.5. The third-order valence-electron chi connectivity index (χ3n) is 9.30. The van der Waals surface area contributed by atoms with Crippen LogP contribution in [0.2, 0.25) is 0 Å². The predicted molar refractivity (Wildman–Crippen MR) is 128 cm³/mol. The Hall–Kier alpha value is -2.62. The number of pyridine rings is 1. The Bertz CT molecular complexity index is 981. The molecule has 6 fully saturated rings. The first-order valence-electron chi connectivity index (χ1n) is 13.3. The van der Waals surface area contributed by atoms with Crippen LogP contribution in [-0.4, -0.2) is 65.4 Å². The molecule has 2 saturated heterocycles. The van der Waals surface area contributed by atoms with Crippen molar-refractivity contribution < 1.29 is 9.59 Å². The lowest BCUT2D eigenvalue weighted by Crippen LogP contribution is -2.57. The molecular weight excluding hydrogens is 426 g/mol. The van der Waals surface area contributed by atoms with Crippen LogP contribution in [-0.2, 0) is 9.59 Å². The number of anilines is 1. The lowest BCUT2D eigenvalue weighted by molar-refractivity contribution is -0.162. The molecule has 0 N–H and O–H groups in total. The summed E-state index contributed by atoms with van der Waals surface area (Å²) in [6.45, 7) is 3.47. The normalized spacial score (nSPS) is 34.7. The van der Waals surface area contributed by atoms with E-state index in [0.717, 1.165) is 69.4 Å². The number of amides is 2. The number of hydrogen-bond donors (Lipinski definition) is 0. The third-order valence-corrected chi connectivity index (χ3v) is 9.30. The van der Waals surface area contributed by atoms with Crippen molar-refractivity contribution in [2.24, 2.45) is 23.2 Å². The standard InChI is InChI=1S/C27H35N5O2/c28-18-22-4-1-6-29-24(22)30-7-3-8-31(11-10-30)25(33)23-5-2-9-32(23)26(34)27-15-19-12-20(16-27)14-21(13-19)17-27/h1,4,6,19-21,23H,2-3,5,7-17H2. The number of carbonyl (C=O) groups excluding carboxylic acids is 2. The summed E-state index contributed by atoms with van der Waals surface area (Å²) in [7, 11) is 0. The largest absolute Gasteiger partial charge is 0.354 e. The van der Waals surface area contributed by atoms with Gasteiger partial charge in [-0.25, -0.2) is 4.98 Å². The highest BCUT2D eigenvalue weighted by molar-refractivity contribution is 5.91. The summed E-state index contributed by atoms with van der Waals surface area (Å²) < 4.78 is 0. The van der Waals surface area contributed by atoms with Crippen molar-refractivity contribution in [2.75, 3.05) is 37.6 Å². The summed E-state index contributed by atoms with van der Waals surface area (Å²) in [6.07, 6.45) is 11.4. The molecule has 7 heteroatoms. The van der Waals surface area contributed by atoms with E-state index in [9.17, 15) is 14.9 Å². The first-order valence-corrected chi connectivity index (χ1v) is 13.3. The van der Waals surface area contributed by atoms with Gasteiger partial charge < -0.3 is 14.7 Å². The topological polar surface area (TPSA) is 80.5 Å². The average molecular weight is 462 g/mol. The van der Waals surface area contributed by atoms with Gasteiger partial charge in [0.05, 0.1) is 11.0 Å². The van der Waals surface area contributed by atoms with Crippen LogP contribution in [0.1, 0.15) is 63.4 Å². The first kappa shape index (κ1) is 21.9. The molecule has 4 aliphatic carbocycles. The number of hydrogen-bond acceptors (Lipinski definition) is 5. The Balaban J connectivity index is 1.15. The Morgan fingerprint density at radius 1 is 0.971 bits per heavy atom. The van der Waals surface area contributed by atoms with E-state index in [4.69, 9.17) is 0 Å². The minimum Gasteiger partial charge on any atom is -0.354 e. The maximum Gasteiger partial charge on any atom is 0.245 e. The minimum absolute atomic E-state index is 0.124. The van der Waals surface area contributed by atoms with Crippen LogP contribution in [0.15, 0.2) is 18.3 Å². The van der Waals surface area contributed by atoms with Crippen LogP contribution in [0, 0.1) is 34.5 Å². The van der Waals surface area contributed by atoms with Gasteiger partial charge in [0.1, 0.15) is 17.9 Å². The molecule has 0 aromatic carbocycles. The highest BCUT2D eigenvalue weighted by Gasteiger charge is 2.57. The Morgan fingerprint density at radius 2 is 1.71 bits per heavy atom. The maximum atomic E-state index is 14.0. The van der Waals surface area contributed by atoms with Crippen LogP contribution in [0.25, 0.3) is 0 Å². The number of likely N-dealkylation sites (tertiary alicyclic amines) is 1. The van der Waals surface area contributed by atoms with Crippen molar-refractivity contribution in [3.63, 3.8) is 0 Å². The molecule has 1 atom stereocenters. The second-order valence-electron chi connectivity index (χ2n) is 11.5. The van der Waals surface area contributed by atoms with Crippen LogP contribution >= 0.6 is 0 Å². The fourth-order valence-electron chi connectivity index (χ4n) is 8.24. The maximum absolute atomic E-state index is 14.0. The molecule has 6 aliphatic rings. The van der Waals surface area contributed by atoms with Gasteiger partial charge in [-0.15, -0.1) is 0 Å². The molecule has 3 heterocycles. The molecule has 34 heavy (non-hydrogen) atoms. The van der Waals surface area contributed by atoms with Crippen LogP contribution < -0.4 is 4.90 Å². The fourth-order valence-corrected chi connectivity index (χ4v) is 8.24. The van der Waals surface area contributed by atoms with E-state index < -0.39 is 0 Å². The summed E-state index contributed by atoms with van der Waals surface area (Å²) in [5, 5.41) is 9.45. The number of nitrogens with zero attached hydrogens (tertiary/aromatic N) is 5. The van der Waals surface area contributed by atoms with Gasteiger partial charge in [0.25, 0.3) is 0 Å². The third kappa shape index (κ3) is 3.66. The average Bonchev–Trinajstić information content (AvgIpc) is 3.19. The van der Waals surface area contributed by atoms with E-state index in [1.165, 1.54) is 19.3 Å². The molecule has 2 aliphatic heterocycles. The van der Waals surface area contributed by atoms with Crippen molar-refractivity contribution in [1.82, 2.24) is 14.8 Å². The van der Waals surface area contributed by atoms with E-state index in [1.54, 1.807) is 18.3 Å². The summed E-state index contributed by atoms with van der Waals surface area (Å²) >= 11 is 0. The van der Waals surface area contributed by atoms with E-state index in [1.807, 2.05) is 9.80 Å². The van der Waals surface area contributed by atoms with Crippen molar-refractivity contribution in [1.29, 1.82) is 5.26 Å². The lowest BCUT2D eigenvalue weighted by Gasteiger charge is -2.56. The SMILES string of the molecule is N#Cc1cccnc1N1CCCN(C(=O)C2CCCN2C(=O)C23CC4CC(CC(C4)C2)C3)CC1. The molecule has 0 radical (unpaired) electrons. The predicted octanol–water partition coefficient (Wildman–Crippen LogP) is 3.20. The molecule has 0 spiro atoms. The highest BCUT2D eigenvalue weighted by Crippen LogP contribution is 2.60. The zero-order chi connectivity index (χ0) is 23.3. The zero-order valence-corrected chi connectivity index (χ0v) is 20.0. The molecular formula is C27H35N5O2. The molecule has 2 amide bonds. The summed E-state index contributed by atoms with van der Waals surface area (Å²) in [6, 6.07) is 5.52. The van der Waals surface area contributed by atoms with Crippen LogP contribution in [0.3, 0.4) is 0 Å². The summed E-state index contributed by atoms with van der Waals surface area (Å²) in [5.41, 5.74) is 0.394. The molecule has 1 aromatic heterocycles. The number of nitriles is 1. The quantitative estimate of drug-likeness (QED) is 0.691. The molecule has 4 saturated carbocycles. The zero-order valence-electron chi connectivity index (χ0n) is 20.0. The minimum atomic E-state index is -0.295. The van der Waals surface area contributed by atoms with Gasteiger partial charge in [-0.05, 0) is 87.7 Å². The molecule has 180 valence electrons. The molecule has 4 bridgehead atoms. The van der Waals surface area contributed by atoms with Gasteiger partial charge in [-0.3, -0.25) is 9.59 Å². The monoisotopic (exact) mass is 461 g/mol. The number of carbonyl (C=O) groups is 2. The van der Waals surface area contributed by atoms with Gasteiger partial charge in [0.2, 0.25) is 11.8 Å².